The van der Waals surface area contributed by atoms with Gasteiger partial charge >= 0.3 is 0 Å². The lowest BCUT2D eigenvalue weighted by Crippen LogP contribution is -2.45. The Balaban J connectivity index is 4.89. The zero-order valence-electron chi connectivity index (χ0n) is 14.0. The summed E-state index contributed by atoms with van der Waals surface area (Å²) in [4.78, 5) is 0. The lowest BCUT2D eigenvalue weighted by molar-refractivity contribution is -0.136. The SMILES string of the molecule is CCC(CC)(CC)OCC(COC)(COC)C(C)C. The summed E-state index contributed by atoms with van der Waals surface area (Å²) in [6, 6.07) is 0. The Hall–Kier alpha value is -0.120. The van der Waals surface area contributed by atoms with Crippen LogP contribution < -0.4 is 0 Å². The predicted octanol–water partition coefficient (Wildman–Crippen LogP) is 3.91. The molecule has 3 heteroatoms. The van der Waals surface area contributed by atoms with Crippen molar-refractivity contribution in [3.63, 3.8) is 0 Å². The molecule has 0 bridgehead atoms. The molecule has 0 heterocycles. The van der Waals surface area contributed by atoms with Crippen LogP contribution in [0.5, 0.6) is 0 Å². The Morgan fingerprint density at radius 3 is 1.47 bits per heavy atom. The molecule has 0 spiro atoms. The summed E-state index contributed by atoms with van der Waals surface area (Å²) in [7, 11) is 3.50. The summed E-state index contributed by atoms with van der Waals surface area (Å²) in [6.07, 6.45) is 3.15. The molecule has 0 atom stereocenters. The van der Waals surface area contributed by atoms with Crippen molar-refractivity contribution in [3.05, 3.63) is 0 Å². The molecule has 0 radical (unpaired) electrons. The number of ether oxygens (including phenoxy) is 3. The summed E-state index contributed by atoms with van der Waals surface area (Å²) in [5.74, 6) is 0.454. The van der Waals surface area contributed by atoms with Gasteiger partial charge in [-0.05, 0) is 25.2 Å². The van der Waals surface area contributed by atoms with Crippen LogP contribution in [-0.2, 0) is 14.2 Å². The predicted molar refractivity (Wildman–Crippen MR) is 80.6 cm³/mol. The minimum absolute atomic E-state index is 0.00161. The van der Waals surface area contributed by atoms with Gasteiger partial charge in [0.15, 0.2) is 0 Å². The first-order valence-electron chi connectivity index (χ1n) is 7.57. The summed E-state index contributed by atoms with van der Waals surface area (Å²) in [6.45, 7) is 13.1. The summed E-state index contributed by atoms with van der Waals surface area (Å²) in [5.41, 5.74) is -0.0596. The van der Waals surface area contributed by atoms with Crippen LogP contribution in [0.15, 0.2) is 0 Å². The maximum atomic E-state index is 6.35. The van der Waals surface area contributed by atoms with Crippen molar-refractivity contribution in [2.45, 2.75) is 59.5 Å². The Bertz CT molecular complexity index is 208. The Kier molecular flexibility index (Phi) is 8.88. The molecule has 0 aromatic rings. The van der Waals surface area contributed by atoms with Crippen molar-refractivity contribution in [1.29, 1.82) is 0 Å². The van der Waals surface area contributed by atoms with Gasteiger partial charge in [-0.3, -0.25) is 0 Å². The minimum Gasteiger partial charge on any atom is -0.384 e. The zero-order valence-corrected chi connectivity index (χ0v) is 14.0. The van der Waals surface area contributed by atoms with Crippen molar-refractivity contribution < 1.29 is 14.2 Å². The highest BCUT2D eigenvalue weighted by Crippen LogP contribution is 2.33. The van der Waals surface area contributed by atoms with Crippen LogP contribution in [0.4, 0.5) is 0 Å². The van der Waals surface area contributed by atoms with Crippen LogP contribution in [0.1, 0.15) is 53.9 Å². The van der Waals surface area contributed by atoms with Crippen LogP contribution in [-0.4, -0.2) is 39.6 Å². The van der Waals surface area contributed by atoms with E-state index in [0.717, 1.165) is 19.3 Å². The maximum absolute atomic E-state index is 6.35. The van der Waals surface area contributed by atoms with Crippen LogP contribution in [0, 0.1) is 11.3 Å². The third-order valence-corrected chi connectivity index (χ3v) is 4.69. The van der Waals surface area contributed by atoms with E-state index in [1.807, 2.05) is 0 Å². The molecular weight excluding hydrogens is 240 g/mol. The van der Waals surface area contributed by atoms with E-state index < -0.39 is 0 Å². The monoisotopic (exact) mass is 274 g/mol. The van der Waals surface area contributed by atoms with Gasteiger partial charge in [-0.2, -0.15) is 0 Å². The fourth-order valence-electron chi connectivity index (χ4n) is 2.55. The molecule has 0 aliphatic carbocycles. The molecule has 0 saturated heterocycles. The fraction of sp³-hybridized carbons (Fsp3) is 1.00. The average Bonchev–Trinajstić information content (AvgIpc) is 2.41. The molecule has 3 nitrogen and oxygen atoms in total. The van der Waals surface area contributed by atoms with Gasteiger partial charge in [-0.25, -0.2) is 0 Å². The first-order chi connectivity index (χ1) is 8.95. The topological polar surface area (TPSA) is 27.7 Å². The number of hydrogen-bond donors (Lipinski definition) is 0. The molecule has 0 aliphatic rings. The van der Waals surface area contributed by atoms with Gasteiger partial charge < -0.3 is 14.2 Å². The highest BCUT2D eigenvalue weighted by Gasteiger charge is 2.37. The zero-order chi connectivity index (χ0) is 14.9. The van der Waals surface area contributed by atoms with E-state index in [4.69, 9.17) is 14.2 Å². The number of hydrogen-bond acceptors (Lipinski definition) is 3. The molecule has 0 unspecified atom stereocenters. The van der Waals surface area contributed by atoms with E-state index in [1.165, 1.54) is 0 Å². The van der Waals surface area contributed by atoms with Crippen molar-refractivity contribution in [3.8, 4) is 0 Å². The smallest absolute Gasteiger partial charge is 0.0675 e. The van der Waals surface area contributed by atoms with Gasteiger partial charge in [-0.1, -0.05) is 34.6 Å². The molecule has 116 valence electrons. The largest absolute Gasteiger partial charge is 0.384 e. The summed E-state index contributed by atoms with van der Waals surface area (Å²) < 4.78 is 17.2. The van der Waals surface area contributed by atoms with Gasteiger partial charge in [-0.15, -0.1) is 0 Å². The number of methoxy groups -OCH3 is 2. The molecule has 0 N–H and O–H groups in total. The normalized spacial score (nSPS) is 13.3. The Morgan fingerprint density at radius 1 is 0.789 bits per heavy atom. The van der Waals surface area contributed by atoms with E-state index >= 15 is 0 Å². The van der Waals surface area contributed by atoms with Crippen LogP contribution in [0.2, 0.25) is 0 Å². The lowest BCUT2D eigenvalue weighted by atomic mass is 9.79. The van der Waals surface area contributed by atoms with Crippen LogP contribution in [0.3, 0.4) is 0 Å². The van der Waals surface area contributed by atoms with Crippen molar-refractivity contribution in [2.75, 3.05) is 34.0 Å². The first-order valence-corrected chi connectivity index (χ1v) is 7.57. The molecule has 0 rings (SSSR count). The highest BCUT2D eigenvalue weighted by atomic mass is 16.5. The van der Waals surface area contributed by atoms with Crippen molar-refractivity contribution >= 4 is 0 Å². The molecule has 0 saturated carbocycles. The Morgan fingerprint density at radius 2 is 1.21 bits per heavy atom. The quantitative estimate of drug-likeness (QED) is 0.572. The third-order valence-electron chi connectivity index (χ3n) is 4.69. The standard InChI is InChI=1S/C16H34O3/c1-8-16(9-2,10-3)19-13-15(11-17-6,12-18-7)14(4)5/h14H,8-13H2,1-7H3. The second kappa shape index (κ2) is 8.93. The van der Waals surface area contributed by atoms with E-state index in [-0.39, 0.29) is 11.0 Å². The van der Waals surface area contributed by atoms with Gasteiger partial charge in [0.2, 0.25) is 0 Å². The molecule has 0 amide bonds. The van der Waals surface area contributed by atoms with E-state index in [2.05, 4.69) is 34.6 Å². The summed E-state index contributed by atoms with van der Waals surface area (Å²) in [5, 5.41) is 0. The second-order valence-corrected chi connectivity index (χ2v) is 5.92. The van der Waals surface area contributed by atoms with E-state index in [9.17, 15) is 0 Å². The molecule has 0 aliphatic heterocycles. The van der Waals surface area contributed by atoms with E-state index in [1.54, 1.807) is 14.2 Å². The molecular formula is C16H34O3. The van der Waals surface area contributed by atoms with Crippen LogP contribution >= 0.6 is 0 Å². The molecule has 0 aromatic carbocycles. The molecule has 0 aromatic heterocycles. The van der Waals surface area contributed by atoms with Gasteiger partial charge in [0.1, 0.15) is 0 Å². The van der Waals surface area contributed by atoms with Crippen molar-refractivity contribution in [2.24, 2.45) is 11.3 Å². The Labute approximate surface area is 120 Å². The third kappa shape index (κ3) is 5.05. The van der Waals surface area contributed by atoms with Crippen LogP contribution in [0.25, 0.3) is 0 Å². The maximum Gasteiger partial charge on any atom is 0.0675 e. The fourth-order valence-corrected chi connectivity index (χ4v) is 2.55. The van der Waals surface area contributed by atoms with Gasteiger partial charge in [0.25, 0.3) is 0 Å². The minimum atomic E-state index is -0.0612. The average molecular weight is 274 g/mol. The van der Waals surface area contributed by atoms with Crippen molar-refractivity contribution in [1.82, 2.24) is 0 Å². The highest BCUT2D eigenvalue weighted by molar-refractivity contribution is 4.85. The van der Waals surface area contributed by atoms with E-state index in [0.29, 0.717) is 25.7 Å². The van der Waals surface area contributed by atoms with Gasteiger partial charge in [0.05, 0.1) is 25.4 Å². The molecule has 0 fully saturated rings. The first kappa shape index (κ1) is 18.9. The second-order valence-electron chi connectivity index (χ2n) is 5.92. The summed E-state index contributed by atoms with van der Waals surface area (Å²) >= 11 is 0. The number of rotatable bonds is 11. The lowest BCUT2D eigenvalue weighted by Gasteiger charge is -2.40. The van der Waals surface area contributed by atoms with Gasteiger partial charge in [0, 0.05) is 19.6 Å². The molecule has 19 heavy (non-hydrogen) atoms.